The summed E-state index contributed by atoms with van der Waals surface area (Å²) in [6.07, 6.45) is 0. The molecule has 2 amide bonds. The zero-order valence-corrected chi connectivity index (χ0v) is 14.7. The molecule has 0 fully saturated rings. The van der Waals surface area contributed by atoms with E-state index in [9.17, 15) is 9.59 Å². The first-order valence-corrected chi connectivity index (χ1v) is 8.43. The van der Waals surface area contributed by atoms with Gasteiger partial charge in [-0.2, -0.15) is 0 Å². The molecule has 1 N–H and O–H groups in total. The van der Waals surface area contributed by atoms with E-state index >= 15 is 0 Å². The topological polar surface area (TPSA) is 62.3 Å². The summed E-state index contributed by atoms with van der Waals surface area (Å²) < 4.78 is 0.906. The second-order valence-electron chi connectivity index (χ2n) is 4.67. The van der Waals surface area contributed by atoms with Crippen LogP contribution in [0.15, 0.2) is 34.1 Å². The minimum absolute atomic E-state index is 0.00399. The number of carbonyl (C=O) groups is 2. The van der Waals surface area contributed by atoms with Gasteiger partial charge < -0.3 is 10.2 Å². The van der Waals surface area contributed by atoms with Crippen LogP contribution >= 0.6 is 27.3 Å². The number of hydrogen-bond donors (Lipinski definition) is 1. The maximum Gasteiger partial charge on any atom is 0.254 e. The van der Waals surface area contributed by atoms with Crippen molar-refractivity contribution in [1.82, 2.24) is 9.88 Å². The average Bonchev–Trinajstić information content (AvgIpc) is 2.90. The van der Waals surface area contributed by atoms with Crippen molar-refractivity contribution in [2.75, 3.05) is 18.4 Å². The second-order valence-corrected chi connectivity index (χ2v) is 6.44. The molecule has 0 bridgehead atoms. The van der Waals surface area contributed by atoms with Crippen molar-refractivity contribution in [2.24, 2.45) is 0 Å². The highest BCUT2D eigenvalue weighted by atomic mass is 79.9. The van der Waals surface area contributed by atoms with E-state index in [1.807, 2.05) is 19.2 Å². The number of aryl methyl sites for hydroxylation is 1. The predicted molar refractivity (Wildman–Crippen MR) is 91.2 cm³/mol. The number of anilines is 1. The van der Waals surface area contributed by atoms with Gasteiger partial charge in [0.2, 0.25) is 5.91 Å². The highest BCUT2D eigenvalue weighted by molar-refractivity contribution is 9.10. The maximum atomic E-state index is 12.4. The van der Waals surface area contributed by atoms with E-state index < -0.39 is 0 Å². The lowest BCUT2D eigenvalue weighted by atomic mass is 10.2. The Morgan fingerprint density at radius 3 is 2.55 bits per heavy atom. The summed E-state index contributed by atoms with van der Waals surface area (Å²) >= 11 is 4.70. The molecule has 0 aliphatic carbocycles. The molecule has 116 valence electrons. The third-order valence-corrected chi connectivity index (χ3v) is 4.36. The van der Waals surface area contributed by atoms with E-state index in [2.05, 4.69) is 26.2 Å². The highest BCUT2D eigenvalue weighted by Gasteiger charge is 2.17. The van der Waals surface area contributed by atoms with Gasteiger partial charge in [-0.1, -0.05) is 15.9 Å². The fourth-order valence-electron chi connectivity index (χ4n) is 1.85. The van der Waals surface area contributed by atoms with Gasteiger partial charge in [-0.05, 0) is 38.1 Å². The number of nitrogens with zero attached hydrogens (tertiary/aromatic N) is 2. The van der Waals surface area contributed by atoms with Crippen LogP contribution in [0.2, 0.25) is 0 Å². The van der Waals surface area contributed by atoms with Gasteiger partial charge in [0.1, 0.15) is 6.54 Å². The lowest BCUT2D eigenvalue weighted by molar-refractivity contribution is -0.116. The summed E-state index contributed by atoms with van der Waals surface area (Å²) in [6, 6.07) is 7.08. The Balaban J connectivity index is 2.00. The first kappa shape index (κ1) is 16.6. The van der Waals surface area contributed by atoms with Crippen molar-refractivity contribution < 1.29 is 9.59 Å². The molecule has 2 rings (SSSR count). The van der Waals surface area contributed by atoms with E-state index in [1.165, 1.54) is 16.2 Å². The number of aromatic nitrogens is 1. The van der Waals surface area contributed by atoms with Gasteiger partial charge in [-0.15, -0.1) is 11.3 Å². The minimum Gasteiger partial charge on any atom is -0.330 e. The van der Waals surface area contributed by atoms with E-state index in [-0.39, 0.29) is 18.4 Å². The number of hydrogen-bond acceptors (Lipinski definition) is 4. The van der Waals surface area contributed by atoms with Crippen molar-refractivity contribution >= 4 is 44.2 Å². The molecule has 2 aromatic rings. The fourth-order valence-corrected chi connectivity index (χ4v) is 2.81. The number of likely N-dealkylation sites (N-methyl/N-ethyl adjacent to an activating group) is 1. The Bertz CT molecular complexity index is 670. The lowest BCUT2D eigenvalue weighted by Gasteiger charge is -2.20. The lowest BCUT2D eigenvalue weighted by Crippen LogP contribution is -2.37. The first-order chi connectivity index (χ1) is 10.5. The summed E-state index contributed by atoms with van der Waals surface area (Å²) in [5, 5.41) is 5.12. The van der Waals surface area contributed by atoms with Crippen LogP contribution in [0.25, 0.3) is 0 Å². The molecular formula is C15H16BrN3O2S. The molecule has 0 saturated carbocycles. The van der Waals surface area contributed by atoms with Gasteiger partial charge in [0.05, 0.1) is 5.69 Å². The largest absolute Gasteiger partial charge is 0.330 e. The van der Waals surface area contributed by atoms with Crippen LogP contribution in [0.1, 0.15) is 23.0 Å². The second kappa shape index (κ2) is 7.51. The van der Waals surface area contributed by atoms with Crippen molar-refractivity contribution in [3.05, 3.63) is 45.4 Å². The molecule has 0 aliphatic heterocycles. The highest BCUT2D eigenvalue weighted by Crippen LogP contribution is 2.15. The number of nitrogens with one attached hydrogen (secondary N) is 1. The SMILES string of the molecule is CCN(CC(=O)Nc1nc(C)cs1)C(=O)c1ccc(Br)cc1. The van der Waals surface area contributed by atoms with Crippen molar-refractivity contribution in [2.45, 2.75) is 13.8 Å². The Labute approximate surface area is 141 Å². The monoisotopic (exact) mass is 381 g/mol. The minimum atomic E-state index is -0.248. The number of thiazole rings is 1. The molecule has 0 aliphatic rings. The quantitative estimate of drug-likeness (QED) is 0.863. The summed E-state index contributed by atoms with van der Waals surface area (Å²) in [4.78, 5) is 30.1. The average molecular weight is 382 g/mol. The van der Waals surface area contributed by atoms with Crippen LogP contribution in [-0.4, -0.2) is 34.8 Å². The van der Waals surface area contributed by atoms with E-state index in [1.54, 1.807) is 24.3 Å². The van der Waals surface area contributed by atoms with Gasteiger partial charge >= 0.3 is 0 Å². The molecule has 0 atom stereocenters. The van der Waals surface area contributed by atoms with Crippen LogP contribution in [0.5, 0.6) is 0 Å². The van der Waals surface area contributed by atoms with Crippen LogP contribution < -0.4 is 5.32 Å². The van der Waals surface area contributed by atoms with Crippen LogP contribution in [-0.2, 0) is 4.79 Å². The van der Waals surface area contributed by atoms with Crippen LogP contribution in [0, 0.1) is 6.92 Å². The standard InChI is InChI=1S/C15H16BrN3O2S/c1-3-19(14(21)11-4-6-12(16)7-5-11)8-13(20)18-15-17-10(2)9-22-15/h4-7,9H,3,8H2,1-2H3,(H,17,18,20). The zero-order chi connectivity index (χ0) is 16.1. The molecule has 0 radical (unpaired) electrons. The van der Waals surface area contributed by atoms with Crippen LogP contribution in [0.4, 0.5) is 5.13 Å². The zero-order valence-electron chi connectivity index (χ0n) is 12.3. The molecule has 1 aromatic heterocycles. The normalized spacial score (nSPS) is 10.3. The number of carbonyl (C=O) groups excluding carboxylic acids is 2. The van der Waals surface area contributed by atoms with Gasteiger partial charge in [0, 0.05) is 22.0 Å². The Kier molecular flexibility index (Phi) is 5.68. The van der Waals surface area contributed by atoms with E-state index in [0.29, 0.717) is 17.2 Å². The molecule has 22 heavy (non-hydrogen) atoms. The number of benzene rings is 1. The molecule has 7 heteroatoms. The maximum absolute atomic E-state index is 12.4. The van der Waals surface area contributed by atoms with Gasteiger partial charge in [0.15, 0.2) is 5.13 Å². The summed E-state index contributed by atoms with van der Waals surface area (Å²) in [5.41, 5.74) is 1.42. The van der Waals surface area contributed by atoms with E-state index in [4.69, 9.17) is 0 Å². The molecule has 0 unspecified atom stereocenters. The fraction of sp³-hybridized carbons (Fsp3) is 0.267. The van der Waals surface area contributed by atoms with Crippen molar-refractivity contribution in [3.63, 3.8) is 0 Å². The first-order valence-electron chi connectivity index (χ1n) is 6.76. The number of halogens is 1. The predicted octanol–water partition coefficient (Wildman–Crippen LogP) is 3.31. The van der Waals surface area contributed by atoms with Crippen molar-refractivity contribution in [1.29, 1.82) is 0 Å². The third kappa shape index (κ3) is 4.38. The van der Waals surface area contributed by atoms with Crippen molar-refractivity contribution in [3.8, 4) is 0 Å². The Morgan fingerprint density at radius 1 is 1.32 bits per heavy atom. The molecule has 1 aromatic carbocycles. The molecule has 0 spiro atoms. The van der Waals surface area contributed by atoms with Gasteiger partial charge in [-0.3, -0.25) is 9.59 Å². The van der Waals surface area contributed by atoms with Gasteiger partial charge in [0.25, 0.3) is 5.91 Å². The smallest absolute Gasteiger partial charge is 0.254 e. The van der Waals surface area contributed by atoms with E-state index in [0.717, 1.165) is 10.2 Å². The molecule has 0 saturated heterocycles. The summed E-state index contributed by atoms with van der Waals surface area (Å²) in [7, 11) is 0. The Morgan fingerprint density at radius 2 is 2.00 bits per heavy atom. The Hall–Kier alpha value is -1.73. The van der Waals surface area contributed by atoms with Crippen LogP contribution in [0.3, 0.4) is 0 Å². The molecule has 5 nitrogen and oxygen atoms in total. The summed E-state index contributed by atoms with van der Waals surface area (Å²) in [5.74, 6) is -0.415. The van der Waals surface area contributed by atoms with Gasteiger partial charge in [-0.25, -0.2) is 4.98 Å². The number of rotatable bonds is 5. The molecular weight excluding hydrogens is 366 g/mol. The summed E-state index contributed by atoms with van der Waals surface area (Å²) in [6.45, 7) is 4.17. The third-order valence-electron chi connectivity index (χ3n) is 2.96. The number of amides is 2. The molecule has 1 heterocycles.